The van der Waals surface area contributed by atoms with Gasteiger partial charge in [-0.25, -0.2) is 13.1 Å². The maximum atomic E-state index is 12.2. The monoisotopic (exact) mass is 340 g/mol. The molecule has 0 aliphatic carbocycles. The van der Waals surface area contributed by atoms with Crippen LogP contribution in [0, 0.1) is 0 Å². The zero-order valence-electron chi connectivity index (χ0n) is 12.9. The van der Waals surface area contributed by atoms with Crippen LogP contribution in [0.1, 0.15) is 13.3 Å². The van der Waals surface area contributed by atoms with Crippen molar-refractivity contribution in [1.29, 1.82) is 0 Å². The Morgan fingerprint density at radius 1 is 1.48 bits per heavy atom. The molecule has 1 unspecified atom stereocenters. The van der Waals surface area contributed by atoms with Crippen LogP contribution in [0.15, 0.2) is 35.7 Å². The van der Waals surface area contributed by atoms with Gasteiger partial charge in [-0.3, -0.25) is 4.79 Å². The first-order valence-corrected chi connectivity index (χ1v) is 8.72. The van der Waals surface area contributed by atoms with Gasteiger partial charge < -0.3 is 14.8 Å². The molecule has 1 aliphatic rings. The van der Waals surface area contributed by atoms with Crippen molar-refractivity contribution in [3.8, 4) is 5.75 Å². The van der Waals surface area contributed by atoms with Gasteiger partial charge in [-0.1, -0.05) is 6.08 Å². The van der Waals surface area contributed by atoms with Crippen molar-refractivity contribution in [1.82, 2.24) is 4.72 Å². The third-order valence-electron chi connectivity index (χ3n) is 3.19. The third-order valence-corrected chi connectivity index (χ3v) is 4.65. The first kappa shape index (κ1) is 17.5. The number of ether oxygens (including phenoxy) is 2. The summed E-state index contributed by atoms with van der Waals surface area (Å²) in [4.78, 5) is 11.6. The smallest absolute Gasteiger partial charge is 0.265 e. The molecule has 0 bridgehead atoms. The summed E-state index contributed by atoms with van der Waals surface area (Å²) in [5, 5.41) is 2.66. The van der Waals surface area contributed by atoms with E-state index in [1.54, 1.807) is 13.0 Å². The van der Waals surface area contributed by atoms with Crippen molar-refractivity contribution in [3.63, 3.8) is 0 Å². The van der Waals surface area contributed by atoms with Crippen LogP contribution >= 0.6 is 0 Å². The predicted molar refractivity (Wildman–Crippen MR) is 86.0 cm³/mol. The van der Waals surface area contributed by atoms with Crippen LogP contribution in [0.4, 0.5) is 5.69 Å². The van der Waals surface area contributed by atoms with Crippen molar-refractivity contribution >= 4 is 21.6 Å². The lowest BCUT2D eigenvalue weighted by Crippen LogP contribution is -2.34. The molecule has 2 N–H and O–H groups in total. The van der Waals surface area contributed by atoms with Crippen LogP contribution in [0.2, 0.25) is 0 Å². The van der Waals surface area contributed by atoms with Gasteiger partial charge in [-0.2, -0.15) is 0 Å². The van der Waals surface area contributed by atoms with Crippen LogP contribution in [0.25, 0.3) is 0 Å². The lowest BCUT2D eigenvalue weighted by molar-refractivity contribution is -0.122. The van der Waals surface area contributed by atoms with Crippen LogP contribution in [0.5, 0.6) is 5.75 Å². The largest absolute Gasteiger partial charge is 0.479 e. The van der Waals surface area contributed by atoms with Gasteiger partial charge in [0.1, 0.15) is 5.75 Å². The fraction of sp³-hybridized carbons (Fsp3) is 0.400. The number of carbonyl (C=O) groups is 1. The summed E-state index contributed by atoms with van der Waals surface area (Å²) in [6.45, 7) is 6.29. The van der Waals surface area contributed by atoms with E-state index in [1.165, 1.54) is 18.2 Å². The van der Waals surface area contributed by atoms with E-state index < -0.39 is 16.1 Å². The molecule has 23 heavy (non-hydrogen) atoms. The second-order valence-corrected chi connectivity index (χ2v) is 6.79. The second-order valence-electron chi connectivity index (χ2n) is 5.02. The lowest BCUT2D eigenvalue weighted by Gasteiger charge is -2.23. The van der Waals surface area contributed by atoms with E-state index in [1.807, 2.05) is 0 Å². The summed E-state index contributed by atoms with van der Waals surface area (Å²) >= 11 is 0. The van der Waals surface area contributed by atoms with E-state index in [0.717, 1.165) is 0 Å². The van der Waals surface area contributed by atoms with E-state index in [4.69, 9.17) is 9.47 Å². The quantitative estimate of drug-likeness (QED) is 0.549. The molecule has 1 aromatic carbocycles. The Hall–Kier alpha value is -1.90. The molecule has 7 nitrogen and oxygen atoms in total. The third kappa shape index (κ3) is 4.54. The Labute approximate surface area is 135 Å². The van der Waals surface area contributed by atoms with E-state index >= 15 is 0 Å². The first-order valence-electron chi connectivity index (χ1n) is 7.24. The Kier molecular flexibility index (Phi) is 5.75. The average Bonchev–Trinajstić information content (AvgIpc) is 2.51. The van der Waals surface area contributed by atoms with Crippen molar-refractivity contribution in [3.05, 3.63) is 30.9 Å². The molecule has 126 valence electrons. The highest BCUT2D eigenvalue weighted by Crippen LogP contribution is 2.31. The summed E-state index contributed by atoms with van der Waals surface area (Å²) < 4.78 is 37.6. The van der Waals surface area contributed by atoms with E-state index in [0.29, 0.717) is 31.1 Å². The summed E-state index contributed by atoms with van der Waals surface area (Å²) in [6.07, 6.45) is 1.54. The van der Waals surface area contributed by atoms with E-state index in [2.05, 4.69) is 16.6 Å². The molecule has 1 heterocycles. The highest BCUT2D eigenvalue weighted by Gasteiger charge is 2.25. The molecule has 0 saturated heterocycles. The lowest BCUT2D eigenvalue weighted by atomic mass is 10.2. The maximum absolute atomic E-state index is 12.2. The fourth-order valence-electron chi connectivity index (χ4n) is 1.98. The number of hydrogen-bond acceptors (Lipinski definition) is 5. The maximum Gasteiger partial charge on any atom is 0.265 e. The number of nitrogens with one attached hydrogen (secondary N) is 2. The summed E-state index contributed by atoms with van der Waals surface area (Å²) in [5.41, 5.74) is 0.463. The van der Waals surface area contributed by atoms with Crippen molar-refractivity contribution in [2.75, 3.05) is 25.1 Å². The number of sulfonamides is 1. The molecule has 0 radical (unpaired) electrons. The zero-order chi connectivity index (χ0) is 16.9. The minimum atomic E-state index is -3.64. The Morgan fingerprint density at radius 3 is 3.00 bits per heavy atom. The molecule has 0 saturated carbocycles. The number of benzene rings is 1. The zero-order valence-corrected chi connectivity index (χ0v) is 13.7. The molecular weight excluding hydrogens is 320 g/mol. The molecular formula is C15H20N2O5S. The molecule has 1 aliphatic heterocycles. The molecule has 1 aromatic rings. The van der Waals surface area contributed by atoms with Crippen LogP contribution in [0.3, 0.4) is 0 Å². The normalized spacial score (nSPS) is 17.1. The van der Waals surface area contributed by atoms with Gasteiger partial charge >= 0.3 is 0 Å². The Morgan fingerprint density at radius 2 is 2.26 bits per heavy atom. The molecule has 0 aromatic heterocycles. The Balaban J connectivity index is 1.99. The number of hydrogen-bond donors (Lipinski definition) is 2. The van der Waals surface area contributed by atoms with Gasteiger partial charge in [0.25, 0.3) is 5.91 Å². The van der Waals surface area contributed by atoms with Crippen LogP contribution in [-0.2, 0) is 19.6 Å². The fourth-order valence-corrected chi connectivity index (χ4v) is 3.07. The highest BCUT2D eigenvalue weighted by atomic mass is 32.2. The molecule has 8 heteroatoms. The molecule has 0 spiro atoms. The molecule has 2 rings (SSSR count). The predicted octanol–water partition coefficient (Wildman–Crippen LogP) is 1.28. The van der Waals surface area contributed by atoms with Crippen LogP contribution in [-0.4, -0.2) is 40.2 Å². The standard InChI is InChI=1S/C15H20N2O5S/c1-3-8-21-9-4-7-16-23(19,20)12-5-6-13-14(10-12)22-11(2)15(18)17-13/h3,5-6,10-11,16H,1,4,7-9H2,2H3,(H,17,18). The molecule has 0 fully saturated rings. The van der Waals surface area contributed by atoms with Gasteiger partial charge in [-0.05, 0) is 25.5 Å². The first-order chi connectivity index (χ1) is 10.9. The average molecular weight is 340 g/mol. The van der Waals surface area contributed by atoms with Gasteiger partial charge in [0.2, 0.25) is 10.0 Å². The Bertz CT molecular complexity index is 687. The summed E-state index contributed by atoms with van der Waals surface area (Å²) in [5.74, 6) is 0.0834. The molecule has 1 atom stereocenters. The SMILES string of the molecule is C=CCOCCCNS(=O)(=O)c1ccc2c(c1)OC(C)C(=O)N2. The number of carbonyl (C=O) groups excluding carboxylic acids is 1. The summed E-state index contributed by atoms with van der Waals surface area (Å²) in [7, 11) is -3.64. The minimum Gasteiger partial charge on any atom is -0.479 e. The van der Waals surface area contributed by atoms with E-state index in [-0.39, 0.29) is 17.3 Å². The molecule has 1 amide bonds. The summed E-state index contributed by atoms with van der Waals surface area (Å²) in [6, 6.07) is 4.34. The highest BCUT2D eigenvalue weighted by molar-refractivity contribution is 7.89. The van der Waals surface area contributed by atoms with Crippen LogP contribution < -0.4 is 14.8 Å². The number of anilines is 1. The second kappa shape index (κ2) is 7.58. The van der Waals surface area contributed by atoms with Crippen molar-refractivity contribution < 1.29 is 22.7 Å². The van der Waals surface area contributed by atoms with Crippen molar-refractivity contribution in [2.24, 2.45) is 0 Å². The van der Waals surface area contributed by atoms with Gasteiger partial charge in [0.05, 0.1) is 17.2 Å². The van der Waals surface area contributed by atoms with Gasteiger partial charge in [-0.15, -0.1) is 6.58 Å². The topological polar surface area (TPSA) is 93.7 Å². The number of rotatable bonds is 8. The number of fused-ring (bicyclic) bond motifs is 1. The van der Waals surface area contributed by atoms with E-state index in [9.17, 15) is 13.2 Å². The number of amides is 1. The van der Waals surface area contributed by atoms with Gasteiger partial charge in [0.15, 0.2) is 6.10 Å². The van der Waals surface area contributed by atoms with Gasteiger partial charge in [0, 0.05) is 19.2 Å². The minimum absolute atomic E-state index is 0.0895. The van der Waals surface area contributed by atoms with Crippen molar-refractivity contribution in [2.45, 2.75) is 24.3 Å².